The molecule has 90 valence electrons. The molecule has 0 atom stereocenters. The van der Waals surface area contributed by atoms with Crippen LogP contribution in [0.15, 0.2) is 54.7 Å². The first-order valence-corrected chi connectivity index (χ1v) is 6.05. The number of hydrogen-bond acceptors (Lipinski definition) is 2. The first-order valence-electron chi connectivity index (χ1n) is 6.05. The van der Waals surface area contributed by atoms with Crippen LogP contribution in [0.4, 0.5) is 0 Å². The van der Waals surface area contributed by atoms with E-state index in [1.54, 1.807) is 0 Å². The van der Waals surface area contributed by atoms with Gasteiger partial charge in [0.15, 0.2) is 0 Å². The van der Waals surface area contributed by atoms with Crippen molar-refractivity contribution in [2.75, 3.05) is 7.05 Å². The van der Waals surface area contributed by atoms with Gasteiger partial charge in [0.1, 0.15) is 5.82 Å². The second-order valence-electron chi connectivity index (χ2n) is 4.26. The van der Waals surface area contributed by atoms with Crippen molar-refractivity contribution < 1.29 is 0 Å². The number of aromatic nitrogens is 2. The van der Waals surface area contributed by atoms with Gasteiger partial charge in [0, 0.05) is 17.8 Å². The van der Waals surface area contributed by atoms with Crippen LogP contribution in [0.5, 0.6) is 0 Å². The third-order valence-corrected chi connectivity index (χ3v) is 3.02. The predicted octanol–water partition coefficient (Wildman–Crippen LogP) is 2.72. The van der Waals surface area contributed by atoms with Crippen LogP contribution >= 0.6 is 0 Å². The van der Waals surface area contributed by atoms with Gasteiger partial charge in [0.2, 0.25) is 0 Å². The molecule has 0 unspecified atom stereocenters. The molecule has 3 aromatic rings. The van der Waals surface area contributed by atoms with Gasteiger partial charge in [0.05, 0.1) is 11.7 Å². The Morgan fingerprint density at radius 2 is 1.89 bits per heavy atom. The van der Waals surface area contributed by atoms with Crippen LogP contribution in [-0.4, -0.2) is 16.4 Å². The normalized spacial score (nSPS) is 10.9. The van der Waals surface area contributed by atoms with Gasteiger partial charge < -0.3 is 5.32 Å². The fourth-order valence-electron chi connectivity index (χ4n) is 2.23. The standard InChI is InChI=1S/C15H15N3/c1-16-10-13-8-5-9-14-11-17-15(18(13)14)12-6-3-2-4-7-12/h2-9,11,16H,10H2,1H3. The molecule has 3 rings (SSSR count). The first-order chi connectivity index (χ1) is 8.90. The summed E-state index contributed by atoms with van der Waals surface area (Å²) < 4.78 is 2.20. The zero-order valence-electron chi connectivity index (χ0n) is 10.3. The molecule has 0 radical (unpaired) electrons. The molecule has 1 aromatic carbocycles. The van der Waals surface area contributed by atoms with E-state index in [9.17, 15) is 0 Å². The van der Waals surface area contributed by atoms with Gasteiger partial charge in [-0.3, -0.25) is 4.40 Å². The van der Waals surface area contributed by atoms with Gasteiger partial charge in [0.25, 0.3) is 0 Å². The summed E-state index contributed by atoms with van der Waals surface area (Å²) in [5.41, 5.74) is 3.48. The number of benzene rings is 1. The average Bonchev–Trinajstić information content (AvgIpc) is 2.85. The van der Waals surface area contributed by atoms with Crippen LogP contribution in [0.1, 0.15) is 5.69 Å². The Balaban J connectivity index is 2.24. The minimum absolute atomic E-state index is 0.827. The molecule has 0 saturated heterocycles. The molecular formula is C15H15N3. The number of nitrogens with zero attached hydrogens (tertiary/aromatic N) is 2. The molecule has 0 aliphatic rings. The molecule has 0 aliphatic carbocycles. The number of pyridine rings is 1. The van der Waals surface area contributed by atoms with Crippen LogP contribution in [0, 0.1) is 0 Å². The largest absolute Gasteiger partial charge is 0.314 e. The Kier molecular flexibility index (Phi) is 2.82. The Morgan fingerprint density at radius 1 is 1.06 bits per heavy atom. The molecule has 0 aliphatic heterocycles. The summed E-state index contributed by atoms with van der Waals surface area (Å²) in [6, 6.07) is 16.5. The molecular weight excluding hydrogens is 222 g/mol. The highest BCUT2D eigenvalue weighted by Gasteiger charge is 2.08. The van der Waals surface area contributed by atoms with Gasteiger partial charge in [-0.05, 0) is 19.2 Å². The third-order valence-electron chi connectivity index (χ3n) is 3.02. The van der Waals surface area contributed by atoms with Crippen molar-refractivity contribution in [2.24, 2.45) is 0 Å². The van der Waals surface area contributed by atoms with Gasteiger partial charge in [-0.2, -0.15) is 0 Å². The van der Waals surface area contributed by atoms with Gasteiger partial charge >= 0.3 is 0 Å². The summed E-state index contributed by atoms with van der Waals surface area (Å²) in [6.45, 7) is 0.827. The quantitative estimate of drug-likeness (QED) is 0.759. The average molecular weight is 237 g/mol. The van der Waals surface area contributed by atoms with Crippen molar-refractivity contribution in [3.8, 4) is 11.4 Å². The fraction of sp³-hybridized carbons (Fsp3) is 0.133. The van der Waals surface area contributed by atoms with Crippen molar-refractivity contribution >= 4 is 5.52 Å². The zero-order chi connectivity index (χ0) is 12.4. The monoisotopic (exact) mass is 237 g/mol. The lowest BCUT2D eigenvalue weighted by Gasteiger charge is -2.08. The molecule has 2 aromatic heterocycles. The van der Waals surface area contributed by atoms with Crippen LogP contribution in [0.3, 0.4) is 0 Å². The maximum absolute atomic E-state index is 4.54. The minimum Gasteiger partial charge on any atom is -0.314 e. The Labute approximate surface area is 106 Å². The highest BCUT2D eigenvalue weighted by Crippen LogP contribution is 2.21. The van der Waals surface area contributed by atoms with E-state index in [0.29, 0.717) is 0 Å². The molecule has 0 fully saturated rings. The molecule has 0 amide bonds. The number of fused-ring (bicyclic) bond motifs is 1. The Bertz CT molecular complexity index is 656. The fourth-order valence-corrected chi connectivity index (χ4v) is 2.23. The minimum atomic E-state index is 0.827. The summed E-state index contributed by atoms with van der Waals surface area (Å²) in [6.07, 6.45) is 1.92. The molecule has 0 spiro atoms. The first kappa shape index (κ1) is 11.0. The molecule has 18 heavy (non-hydrogen) atoms. The van der Waals surface area contributed by atoms with E-state index < -0.39 is 0 Å². The highest BCUT2D eigenvalue weighted by atomic mass is 15.0. The molecule has 0 saturated carbocycles. The van der Waals surface area contributed by atoms with Crippen molar-refractivity contribution in [3.63, 3.8) is 0 Å². The number of rotatable bonds is 3. The maximum atomic E-state index is 4.54. The van der Waals surface area contributed by atoms with E-state index >= 15 is 0 Å². The number of hydrogen-bond donors (Lipinski definition) is 1. The van der Waals surface area contributed by atoms with Crippen molar-refractivity contribution in [1.29, 1.82) is 0 Å². The van der Waals surface area contributed by atoms with E-state index in [-0.39, 0.29) is 0 Å². The smallest absolute Gasteiger partial charge is 0.144 e. The van der Waals surface area contributed by atoms with Gasteiger partial charge in [-0.1, -0.05) is 36.4 Å². The second kappa shape index (κ2) is 4.63. The van der Waals surface area contributed by atoms with E-state index in [4.69, 9.17) is 0 Å². The van der Waals surface area contributed by atoms with E-state index in [1.165, 1.54) is 5.69 Å². The number of nitrogens with one attached hydrogen (secondary N) is 1. The van der Waals surface area contributed by atoms with Crippen LogP contribution in [0.25, 0.3) is 16.9 Å². The Hall–Kier alpha value is -2.13. The lowest BCUT2D eigenvalue weighted by molar-refractivity contribution is 0.778. The van der Waals surface area contributed by atoms with E-state index in [1.807, 2.05) is 31.4 Å². The summed E-state index contributed by atoms with van der Waals surface area (Å²) in [7, 11) is 1.96. The Morgan fingerprint density at radius 3 is 2.67 bits per heavy atom. The number of imidazole rings is 1. The van der Waals surface area contributed by atoms with Crippen LogP contribution in [0.2, 0.25) is 0 Å². The van der Waals surface area contributed by atoms with Gasteiger partial charge in [-0.15, -0.1) is 0 Å². The summed E-state index contributed by atoms with van der Waals surface area (Å²) in [5.74, 6) is 0.997. The second-order valence-corrected chi connectivity index (χ2v) is 4.26. The SMILES string of the molecule is CNCc1cccc2cnc(-c3ccccc3)n12. The molecule has 3 heteroatoms. The van der Waals surface area contributed by atoms with Crippen molar-refractivity contribution in [1.82, 2.24) is 14.7 Å². The van der Waals surface area contributed by atoms with E-state index in [0.717, 1.165) is 23.4 Å². The summed E-state index contributed by atoms with van der Waals surface area (Å²) in [5, 5.41) is 3.20. The van der Waals surface area contributed by atoms with Crippen LogP contribution in [-0.2, 0) is 6.54 Å². The van der Waals surface area contributed by atoms with Gasteiger partial charge in [-0.25, -0.2) is 4.98 Å². The molecule has 3 nitrogen and oxygen atoms in total. The van der Waals surface area contributed by atoms with Crippen molar-refractivity contribution in [2.45, 2.75) is 6.54 Å². The maximum Gasteiger partial charge on any atom is 0.144 e. The third kappa shape index (κ3) is 1.79. The van der Waals surface area contributed by atoms with Crippen LogP contribution < -0.4 is 5.32 Å². The van der Waals surface area contributed by atoms with Crippen molar-refractivity contribution in [3.05, 3.63) is 60.4 Å². The molecule has 2 heterocycles. The summed E-state index contributed by atoms with van der Waals surface area (Å²) in [4.78, 5) is 4.54. The van der Waals surface area contributed by atoms with E-state index in [2.05, 4.69) is 45.0 Å². The lowest BCUT2D eigenvalue weighted by atomic mass is 10.2. The topological polar surface area (TPSA) is 29.3 Å². The molecule has 0 bridgehead atoms. The zero-order valence-corrected chi connectivity index (χ0v) is 10.3. The lowest BCUT2D eigenvalue weighted by Crippen LogP contribution is -2.09. The summed E-state index contributed by atoms with van der Waals surface area (Å²) >= 11 is 0. The molecule has 1 N–H and O–H groups in total. The highest BCUT2D eigenvalue weighted by molar-refractivity contribution is 5.63. The predicted molar refractivity (Wildman–Crippen MR) is 73.4 cm³/mol.